The van der Waals surface area contributed by atoms with Gasteiger partial charge in [-0.05, 0) is 31.9 Å². The van der Waals surface area contributed by atoms with Crippen LogP contribution in [0.3, 0.4) is 0 Å². The maximum atomic E-state index is 12.7. The van der Waals surface area contributed by atoms with E-state index in [9.17, 15) is 9.59 Å². The highest BCUT2D eigenvalue weighted by Crippen LogP contribution is 2.27. The van der Waals surface area contributed by atoms with E-state index in [-0.39, 0.29) is 23.8 Å². The molecule has 2 amide bonds. The van der Waals surface area contributed by atoms with E-state index in [0.29, 0.717) is 25.1 Å². The van der Waals surface area contributed by atoms with Crippen LogP contribution in [0.25, 0.3) is 0 Å². The molecule has 4 rings (SSSR count). The fourth-order valence-corrected chi connectivity index (χ4v) is 4.00. The molecule has 1 saturated heterocycles. The van der Waals surface area contributed by atoms with Crippen LogP contribution in [0.5, 0.6) is 5.75 Å². The minimum atomic E-state index is -0.166. The van der Waals surface area contributed by atoms with Gasteiger partial charge in [-0.15, -0.1) is 0 Å². The Morgan fingerprint density at radius 3 is 3.04 bits per heavy atom. The van der Waals surface area contributed by atoms with Crippen molar-refractivity contribution >= 4 is 17.5 Å². The Morgan fingerprint density at radius 1 is 1.37 bits per heavy atom. The average molecular weight is 368 g/mol. The van der Waals surface area contributed by atoms with Crippen LogP contribution in [0.1, 0.15) is 30.1 Å². The van der Waals surface area contributed by atoms with Gasteiger partial charge in [-0.25, -0.2) is 4.98 Å². The van der Waals surface area contributed by atoms with Crippen molar-refractivity contribution in [3.05, 3.63) is 41.5 Å². The second kappa shape index (κ2) is 7.06. The Bertz CT molecular complexity index is 876. The Labute approximate surface area is 158 Å². The number of benzene rings is 1. The first-order valence-electron chi connectivity index (χ1n) is 9.32. The first-order chi connectivity index (χ1) is 13.0. The molecular formula is C20H24N4O3. The van der Waals surface area contributed by atoms with Crippen LogP contribution in [0, 0.1) is 12.8 Å². The van der Waals surface area contributed by atoms with Gasteiger partial charge in [0.2, 0.25) is 11.8 Å². The van der Waals surface area contributed by atoms with Crippen molar-refractivity contribution in [2.24, 2.45) is 5.92 Å². The number of rotatable bonds is 4. The van der Waals surface area contributed by atoms with Crippen molar-refractivity contribution in [1.29, 1.82) is 0 Å². The number of aromatic amines is 1. The van der Waals surface area contributed by atoms with Gasteiger partial charge in [-0.2, -0.15) is 0 Å². The predicted octanol–water partition coefficient (Wildman–Crippen LogP) is 1.75. The molecule has 1 fully saturated rings. The largest absolute Gasteiger partial charge is 0.497 e. The molecule has 2 N–H and O–H groups in total. The number of methoxy groups -OCH3 is 1. The molecular weight excluding hydrogens is 344 g/mol. The van der Waals surface area contributed by atoms with E-state index in [1.165, 1.54) is 0 Å². The first kappa shape index (κ1) is 17.6. The molecule has 0 radical (unpaired) electrons. The van der Waals surface area contributed by atoms with Crippen molar-refractivity contribution in [3.63, 3.8) is 0 Å². The highest BCUT2D eigenvalue weighted by Gasteiger charge is 2.34. The van der Waals surface area contributed by atoms with Crippen molar-refractivity contribution in [2.75, 3.05) is 18.6 Å². The number of nitrogens with one attached hydrogen (secondary N) is 2. The lowest BCUT2D eigenvalue weighted by molar-refractivity contribution is -0.126. The average Bonchev–Trinajstić information content (AvgIpc) is 3.22. The van der Waals surface area contributed by atoms with Crippen molar-refractivity contribution in [1.82, 2.24) is 15.3 Å². The van der Waals surface area contributed by atoms with Crippen LogP contribution in [0.15, 0.2) is 24.3 Å². The number of hydrogen-bond acceptors (Lipinski definition) is 4. The van der Waals surface area contributed by atoms with Crippen LogP contribution in [-0.2, 0) is 22.4 Å². The van der Waals surface area contributed by atoms with E-state index in [0.717, 1.165) is 35.7 Å². The van der Waals surface area contributed by atoms with Gasteiger partial charge >= 0.3 is 0 Å². The molecule has 2 aromatic rings. The maximum Gasteiger partial charge on any atom is 0.229 e. The van der Waals surface area contributed by atoms with Gasteiger partial charge in [0.15, 0.2) is 0 Å². The van der Waals surface area contributed by atoms with E-state index >= 15 is 0 Å². The van der Waals surface area contributed by atoms with E-state index in [1.807, 2.05) is 31.2 Å². The zero-order chi connectivity index (χ0) is 19.0. The van der Waals surface area contributed by atoms with Gasteiger partial charge in [0.25, 0.3) is 0 Å². The summed E-state index contributed by atoms with van der Waals surface area (Å²) in [6.07, 6.45) is 2.62. The molecule has 2 aliphatic rings. The third kappa shape index (κ3) is 3.54. The van der Waals surface area contributed by atoms with Crippen molar-refractivity contribution < 1.29 is 14.3 Å². The SMILES string of the molecule is COc1cccc(N2C[C@@H](NC(=O)[C@@H]3CCc4nc(C)[nH]c4C3)CC2=O)c1. The van der Waals surface area contributed by atoms with Crippen LogP contribution in [-0.4, -0.2) is 41.5 Å². The molecule has 2 atom stereocenters. The number of carbonyl (C=O) groups excluding carboxylic acids is 2. The summed E-state index contributed by atoms with van der Waals surface area (Å²) in [5.74, 6) is 1.58. The quantitative estimate of drug-likeness (QED) is 0.861. The monoisotopic (exact) mass is 368 g/mol. The van der Waals surface area contributed by atoms with Crippen LogP contribution in [0.2, 0.25) is 0 Å². The molecule has 2 heterocycles. The van der Waals surface area contributed by atoms with E-state index in [4.69, 9.17) is 4.74 Å². The number of fused-ring (bicyclic) bond motifs is 1. The molecule has 1 aliphatic carbocycles. The molecule has 1 aromatic carbocycles. The van der Waals surface area contributed by atoms with Gasteiger partial charge in [0.1, 0.15) is 11.6 Å². The van der Waals surface area contributed by atoms with Gasteiger partial charge in [-0.1, -0.05) is 6.07 Å². The van der Waals surface area contributed by atoms with Crippen molar-refractivity contribution in [2.45, 2.75) is 38.6 Å². The number of amides is 2. The number of anilines is 1. The van der Waals surface area contributed by atoms with Crippen molar-refractivity contribution in [3.8, 4) is 5.75 Å². The molecule has 0 spiro atoms. The molecule has 1 aromatic heterocycles. The third-order valence-electron chi connectivity index (χ3n) is 5.37. The minimum Gasteiger partial charge on any atom is -0.497 e. The highest BCUT2D eigenvalue weighted by molar-refractivity contribution is 5.97. The number of hydrogen-bond donors (Lipinski definition) is 2. The number of H-pyrrole nitrogens is 1. The standard InChI is InChI=1S/C20H24N4O3/c1-12-21-17-7-6-13(8-18(17)22-12)20(26)23-14-9-19(25)24(11-14)15-4-3-5-16(10-15)27-2/h3-5,10,13-14H,6-9,11H2,1-2H3,(H,21,22)(H,23,26)/t13-,14+/m1/s1. The molecule has 7 heteroatoms. The fourth-order valence-electron chi connectivity index (χ4n) is 4.00. The van der Waals surface area contributed by atoms with E-state index < -0.39 is 0 Å². The number of imidazole rings is 1. The van der Waals surface area contributed by atoms with Gasteiger partial charge in [0.05, 0.1) is 18.8 Å². The zero-order valence-electron chi connectivity index (χ0n) is 15.6. The Hall–Kier alpha value is -2.83. The lowest BCUT2D eigenvalue weighted by Crippen LogP contribution is -2.42. The second-order valence-corrected chi connectivity index (χ2v) is 7.30. The highest BCUT2D eigenvalue weighted by atomic mass is 16.5. The van der Waals surface area contributed by atoms with Gasteiger partial charge in [0, 0.05) is 42.8 Å². The Balaban J connectivity index is 1.39. The van der Waals surface area contributed by atoms with Gasteiger partial charge < -0.3 is 19.9 Å². The molecule has 0 unspecified atom stereocenters. The summed E-state index contributed by atoms with van der Waals surface area (Å²) in [6, 6.07) is 7.26. The fraction of sp³-hybridized carbons (Fsp3) is 0.450. The minimum absolute atomic E-state index is 0.0173. The predicted molar refractivity (Wildman–Crippen MR) is 101 cm³/mol. The number of nitrogens with zero attached hydrogens (tertiary/aromatic N) is 2. The third-order valence-corrected chi connectivity index (χ3v) is 5.37. The summed E-state index contributed by atoms with van der Waals surface area (Å²) in [4.78, 5) is 34.6. The van der Waals surface area contributed by atoms with Crippen LogP contribution >= 0.6 is 0 Å². The Morgan fingerprint density at radius 2 is 2.22 bits per heavy atom. The number of carbonyl (C=O) groups is 2. The lowest BCUT2D eigenvalue weighted by atomic mass is 9.89. The normalized spacial score (nSPS) is 21.9. The topological polar surface area (TPSA) is 87.3 Å². The molecule has 7 nitrogen and oxygen atoms in total. The summed E-state index contributed by atoms with van der Waals surface area (Å²) < 4.78 is 5.24. The smallest absolute Gasteiger partial charge is 0.229 e. The number of aromatic nitrogens is 2. The number of aryl methyl sites for hydroxylation is 2. The maximum absolute atomic E-state index is 12.7. The van der Waals surface area contributed by atoms with Gasteiger partial charge in [-0.3, -0.25) is 9.59 Å². The molecule has 142 valence electrons. The van der Waals surface area contributed by atoms with Crippen LogP contribution in [0.4, 0.5) is 5.69 Å². The summed E-state index contributed by atoms with van der Waals surface area (Å²) >= 11 is 0. The second-order valence-electron chi connectivity index (χ2n) is 7.30. The number of ether oxygens (including phenoxy) is 1. The molecule has 27 heavy (non-hydrogen) atoms. The molecule has 1 aliphatic heterocycles. The molecule has 0 saturated carbocycles. The molecule has 0 bridgehead atoms. The first-order valence-corrected chi connectivity index (χ1v) is 9.32. The zero-order valence-corrected chi connectivity index (χ0v) is 15.6. The lowest BCUT2D eigenvalue weighted by Gasteiger charge is -2.23. The van der Waals surface area contributed by atoms with Crippen LogP contribution < -0.4 is 15.0 Å². The summed E-state index contributed by atoms with van der Waals surface area (Å²) in [5.41, 5.74) is 2.95. The summed E-state index contributed by atoms with van der Waals surface area (Å²) in [7, 11) is 1.60. The summed E-state index contributed by atoms with van der Waals surface area (Å²) in [6.45, 7) is 2.42. The Kier molecular flexibility index (Phi) is 4.59. The summed E-state index contributed by atoms with van der Waals surface area (Å²) in [5, 5.41) is 3.08. The van der Waals surface area contributed by atoms with E-state index in [2.05, 4.69) is 15.3 Å². The van der Waals surface area contributed by atoms with E-state index in [1.54, 1.807) is 12.0 Å².